The molecule has 0 fully saturated rings. The number of Topliss-reactive ketones (excluding diaryl/α,β-unsaturated/α-hetero) is 1. The van der Waals surface area contributed by atoms with Crippen molar-refractivity contribution < 1.29 is 19.0 Å². The van der Waals surface area contributed by atoms with Crippen molar-refractivity contribution in [2.45, 2.75) is 13.2 Å². The smallest absolute Gasteiger partial charge is 0.229 e. The van der Waals surface area contributed by atoms with Crippen molar-refractivity contribution in [1.29, 1.82) is 0 Å². The molecule has 0 radical (unpaired) electrons. The number of methoxy groups -OCH3 is 2. The summed E-state index contributed by atoms with van der Waals surface area (Å²) in [5.74, 6) is 1.34. The summed E-state index contributed by atoms with van der Waals surface area (Å²) in [5.41, 5.74) is 1.33. The van der Waals surface area contributed by atoms with Crippen LogP contribution in [0.2, 0.25) is 0 Å². The molecule has 0 aromatic heterocycles. The zero-order valence-corrected chi connectivity index (χ0v) is 10.0. The number of ketones is 1. The maximum atomic E-state index is 11.5. The fourth-order valence-corrected chi connectivity index (χ4v) is 1.73. The van der Waals surface area contributed by atoms with Gasteiger partial charge in [0.2, 0.25) is 6.29 Å². The van der Waals surface area contributed by atoms with Gasteiger partial charge in [-0.3, -0.25) is 4.79 Å². The molecule has 0 amide bonds. The molecule has 1 unspecified atom stereocenters. The lowest BCUT2D eigenvalue weighted by Gasteiger charge is -2.24. The molecule has 0 spiro atoms. The molecule has 0 aliphatic carbocycles. The lowest BCUT2D eigenvalue weighted by molar-refractivity contribution is -0.117. The number of fused-ring (bicyclic) bond motifs is 1. The minimum Gasteiger partial charge on any atom is -0.497 e. The van der Waals surface area contributed by atoms with Gasteiger partial charge in [-0.25, -0.2) is 0 Å². The maximum Gasteiger partial charge on any atom is 0.229 e. The molecule has 1 aromatic carbocycles. The van der Waals surface area contributed by atoms with Gasteiger partial charge in [0.15, 0.2) is 5.78 Å². The minimum absolute atomic E-state index is 0.0645. The van der Waals surface area contributed by atoms with E-state index >= 15 is 0 Å². The van der Waals surface area contributed by atoms with Crippen molar-refractivity contribution >= 4 is 11.9 Å². The van der Waals surface area contributed by atoms with Crippen LogP contribution in [0, 0.1) is 0 Å². The Morgan fingerprint density at radius 1 is 1.35 bits per heavy atom. The lowest BCUT2D eigenvalue weighted by Crippen LogP contribution is -2.27. The van der Waals surface area contributed by atoms with Crippen molar-refractivity contribution in [2.24, 2.45) is 0 Å². The predicted octanol–water partition coefficient (Wildman–Crippen LogP) is 2.03. The molecular weight excluding hydrogens is 220 g/mol. The van der Waals surface area contributed by atoms with Gasteiger partial charge in [-0.15, -0.1) is 0 Å². The number of hydrogen-bond acceptors (Lipinski definition) is 4. The third-order valence-electron chi connectivity index (χ3n) is 2.64. The summed E-state index contributed by atoms with van der Waals surface area (Å²) in [4.78, 5) is 11.5. The van der Waals surface area contributed by atoms with Crippen LogP contribution in [0.25, 0.3) is 6.08 Å². The second-order valence-electron chi connectivity index (χ2n) is 3.75. The molecule has 1 aromatic rings. The Labute approximate surface area is 99.8 Å². The van der Waals surface area contributed by atoms with Crippen LogP contribution >= 0.6 is 0 Å². The molecule has 4 nitrogen and oxygen atoms in total. The van der Waals surface area contributed by atoms with Crippen LogP contribution in [0.1, 0.15) is 12.5 Å². The van der Waals surface area contributed by atoms with Crippen molar-refractivity contribution in [3.8, 4) is 11.5 Å². The standard InChI is InChI=1S/C13H14O4/c1-8(14)11-7-9-6-10(15-2)4-5-12(9)17-13(11)16-3/h4-7,13H,1-3H3. The fraction of sp³-hybridized carbons (Fsp3) is 0.308. The molecule has 0 bridgehead atoms. The molecule has 2 rings (SSSR count). The number of rotatable bonds is 3. The van der Waals surface area contributed by atoms with Crippen LogP contribution < -0.4 is 9.47 Å². The van der Waals surface area contributed by atoms with Gasteiger partial charge in [0.1, 0.15) is 11.5 Å². The largest absolute Gasteiger partial charge is 0.497 e. The van der Waals surface area contributed by atoms with Crippen LogP contribution in [-0.2, 0) is 9.53 Å². The minimum atomic E-state index is -0.631. The summed E-state index contributed by atoms with van der Waals surface area (Å²) >= 11 is 0. The zero-order valence-electron chi connectivity index (χ0n) is 10.0. The highest BCUT2D eigenvalue weighted by Gasteiger charge is 2.25. The molecule has 1 aliphatic heterocycles. The number of ether oxygens (including phenoxy) is 3. The summed E-state index contributed by atoms with van der Waals surface area (Å²) in [6.45, 7) is 1.49. The topological polar surface area (TPSA) is 44.8 Å². The van der Waals surface area contributed by atoms with Crippen LogP contribution in [0.4, 0.5) is 0 Å². The molecule has 17 heavy (non-hydrogen) atoms. The summed E-state index contributed by atoms with van der Waals surface area (Å²) in [6, 6.07) is 5.43. The molecule has 1 atom stereocenters. The second kappa shape index (κ2) is 4.59. The Morgan fingerprint density at radius 2 is 2.12 bits per heavy atom. The number of carbonyl (C=O) groups excluding carboxylic acids is 1. The Bertz CT molecular complexity index is 476. The first-order chi connectivity index (χ1) is 8.15. The van der Waals surface area contributed by atoms with Crippen LogP contribution in [0.5, 0.6) is 11.5 Å². The zero-order chi connectivity index (χ0) is 12.4. The van der Waals surface area contributed by atoms with Crippen molar-refractivity contribution in [1.82, 2.24) is 0 Å². The first-order valence-corrected chi connectivity index (χ1v) is 5.25. The fourth-order valence-electron chi connectivity index (χ4n) is 1.73. The Morgan fingerprint density at radius 3 is 2.71 bits per heavy atom. The van der Waals surface area contributed by atoms with Crippen molar-refractivity contribution in [2.75, 3.05) is 14.2 Å². The first-order valence-electron chi connectivity index (χ1n) is 5.25. The van der Waals surface area contributed by atoms with E-state index in [2.05, 4.69) is 0 Å². The monoisotopic (exact) mass is 234 g/mol. The van der Waals surface area contributed by atoms with Crippen molar-refractivity contribution in [3.05, 3.63) is 29.3 Å². The Balaban J connectivity index is 2.46. The molecule has 1 heterocycles. The Hall–Kier alpha value is -1.81. The summed E-state index contributed by atoms with van der Waals surface area (Å²) < 4.78 is 15.9. The van der Waals surface area contributed by atoms with E-state index in [-0.39, 0.29) is 5.78 Å². The summed E-state index contributed by atoms with van der Waals surface area (Å²) in [5, 5.41) is 0. The van der Waals surface area contributed by atoms with E-state index in [1.165, 1.54) is 14.0 Å². The quantitative estimate of drug-likeness (QED) is 0.802. The van der Waals surface area contributed by atoms with Crippen LogP contribution in [0.3, 0.4) is 0 Å². The second-order valence-corrected chi connectivity index (χ2v) is 3.75. The predicted molar refractivity (Wildman–Crippen MR) is 63.1 cm³/mol. The third kappa shape index (κ3) is 2.17. The third-order valence-corrected chi connectivity index (χ3v) is 2.64. The van der Waals surface area contributed by atoms with E-state index in [0.717, 1.165) is 11.3 Å². The van der Waals surface area contributed by atoms with Gasteiger partial charge in [-0.1, -0.05) is 0 Å². The lowest BCUT2D eigenvalue weighted by atomic mass is 10.0. The van der Waals surface area contributed by atoms with Gasteiger partial charge in [0.25, 0.3) is 0 Å². The first kappa shape index (κ1) is 11.7. The van der Waals surface area contributed by atoms with E-state index in [9.17, 15) is 4.79 Å². The van der Waals surface area contributed by atoms with Gasteiger partial charge < -0.3 is 14.2 Å². The highest BCUT2D eigenvalue weighted by atomic mass is 16.7. The normalized spacial score (nSPS) is 17.8. The molecule has 0 N–H and O–H groups in total. The summed E-state index contributed by atoms with van der Waals surface area (Å²) in [6.07, 6.45) is 1.14. The highest BCUT2D eigenvalue weighted by Crippen LogP contribution is 2.32. The van der Waals surface area contributed by atoms with Gasteiger partial charge >= 0.3 is 0 Å². The maximum absolute atomic E-state index is 11.5. The van der Waals surface area contributed by atoms with Gasteiger partial charge in [0, 0.05) is 12.7 Å². The molecule has 0 saturated carbocycles. The van der Waals surface area contributed by atoms with Gasteiger partial charge in [-0.05, 0) is 31.2 Å². The average molecular weight is 234 g/mol. The van der Waals surface area contributed by atoms with E-state index in [4.69, 9.17) is 14.2 Å². The number of carbonyl (C=O) groups is 1. The molecule has 4 heteroatoms. The van der Waals surface area contributed by atoms with E-state index < -0.39 is 6.29 Å². The molecule has 90 valence electrons. The molecule has 0 saturated heterocycles. The van der Waals surface area contributed by atoms with E-state index in [0.29, 0.717) is 11.3 Å². The highest BCUT2D eigenvalue weighted by molar-refractivity contribution is 5.99. The molecule has 1 aliphatic rings. The van der Waals surface area contributed by atoms with E-state index in [1.807, 2.05) is 6.07 Å². The average Bonchev–Trinajstić information content (AvgIpc) is 2.36. The van der Waals surface area contributed by atoms with Gasteiger partial charge in [0.05, 0.1) is 12.7 Å². The van der Waals surface area contributed by atoms with Crippen molar-refractivity contribution in [3.63, 3.8) is 0 Å². The number of hydrogen-bond donors (Lipinski definition) is 0. The Kier molecular flexibility index (Phi) is 3.15. The summed E-state index contributed by atoms with van der Waals surface area (Å²) in [7, 11) is 3.11. The van der Waals surface area contributed by atoms with Crippen LogP contribution in [0.15, 0.2) is 23.8 Å². The van der Waals surface area contributed by atoms with Gasteiger partial charge in [-0.2, -0.15) is 0 Å². The number of benzene rings is 1. The SMILES string of the molecule is COc1ccc2c(c1)C=C(C(C)=O)C(OC)O2. The molecular formula is C13H14O4. The van der Waals surface area contributed by atoms with Crippen LogP contribution in [-0.4, -0.2) is 26.3 Å². The van der Waals surface area contributed by atoms with E-state index in [1.54, 1.807) is 25.3 Å².